The standard InChI is InChI=1S/C21H26N4O5S/c1-3-31(28,29)24-14-11-19(18-10-13(2)25(27)20-17(18)8-9-22-20)21(23-12-14)30-16-6-4-15(26)5-7-16/h8-12,15-16,24,26-27H,3-7H2,1-2H3. The Hall–Kier alpha value is -2.85. The number of sulfonamides is 1. The minimum Gasteiger partial charge on any atom is -0.474 e. The zero-order valence-corrected chi connectivity index (χ0v) is 18.3. The molecule has 0 atom stereocenters. The molecule has 3 heterocycles. The summed E-state index contributed by atoms with van der Waals surface area (Å²) in [6, 6.07) is 5.26. The molecule has 9 nitrogen and oxygen atoms in total. The van der Waals surface area contributed by atoms with E-state index in [1.807, 2.05) is 0 Å². The predicted molar refractivity (Wildman–Crippen MR) is 116 cm³/mol. The Morgan fingerprint density at radius 1 is 1.16 bits per heavy atom. The highest BCUT2D eigenvalue weighted by Crippen LogP contribution is 2.40. The highest BCUT2D eigenvalue weighted by Gasteiger charge is 2.25. The van der Waals surface area contributed by atoms with Gasteiger partial charge in [0.25, 0.3) is 0 Å². The van der Waals surface area contributed by atoms with Crippen molar-refractivity contribution in [3.63, 3.8) is 0 Å². The Bertz CT molecular complexity index is 1150. The first-order valence-corrected chi connectivity index (χ1v) is 11.9. The van der Waals surface area contributed by atoms with Crippen LogP contribution in [0.1, 0.15) is 38.3 Å². The number of nitrogens with zero attached hydrogens (tertiary/aromatic N) is 3. The molecular weight excluding hydrogens is 420 g/mol. The van der Waals surface area contributed by atoms with Crippen LogP contribution in [0.25, 0.3) is 22.5 Å². The summed E-state index contributed by atoms with van der Waals surface area (Å²) in [5, 5.41) is 20.1. The van der Waals surface area contributed by atoms with Crippen molar-refractivity contribution in [2.75, 3.05) is 10.5 Å². The van der Waals surface area contributed by atoms with Gasteiger partial charge in [-0.15, -0.1) is 0 Å². The highest BCUT2D eigenvalue weighted by atomic mass is 32.2. The van der Waals surface area contributed by atoms with Gasteiger partial charge in [-0.3, -0.25) is 4.72 Å². The molecule has 0 bridgehead atoms. The van der Waals surface area contributed by atoms with E-state index in [4.69, 9.17) is 4.74 Å². The van der Waals surface area contributed by atoms with Gasteiger partial charge in [-0.1, -0.05) is 0 Å². The number of aliphatic hydroxyl groups excluding tert-OH is 1. The number of hydrogen-bond acceptors (Lipinski definition) is 7. The lowest BCUT2D eigenvalue weighted by molar-refractivity contribution is 0.0647. The first-order chi connectivity index (χ1) is 14.8. The van der Waals surface area contributed by atoms with E-state index >= 15 is 0 Å². The Balaban J connectivity index is 1.80. The molecule has 0 unspecified atom stereocenters. The molecule has 2 aliphatic heterocycles. The van der Waals surface area contributed by atoms with Crippen LogP contribution in [0.4, 0.5) is 5.69 Å². The zero-order valence-electron chi connectivity index (χ0n) is 17.4. The molecule has 0 amide bonds. The number of pyridine rings is 2. The second kappa shape index (κ2) is 8.35. The molecule has 1 aromatic rings. The molecule has 1 fully saturated rings. The van der Waals surface area contributed by atoms with Crippen molar-refractivity contribution < 1.29 is 23.5 Å². The van der Waals surface area contributed by atoms with Gasteiger partial charge in [0.1, 0.15) is 6.10 Å². The summed E-state index contributed by atoms with van der Waals surface area (Å²) < 4.78 is 33.9. The molecule has 1 saturated carbocycles. The molecule has 0 radical (unpaired) electrons. The maximum absolute atomic E-state index is 12.1. The summed E-state index contributed by atoms with van der Waals surface area (Å²) in [5.74, 6) is 0.705. The van der Waals surface area contributed by atoms with Crippen molar-refractivity contribution >= 4 is 15.7 Å². The topological polar surface area (TPSA) is 127 Å². The lowest BCUT2D eigenvalue weighted by Gasteiger charge is -2.27. The van der Waals surface area contributed by atoms with Crippen molar-refractivity contribution in [2.24, 2.45) is 0 Å². The Kier molecular flexibility index (Phi) is 5.76. The molecule has 1 aliphatic carbocycles. The van der Waals surface area contributed by atoms with Crippen LogP contribution in [-0.4, -0.2) is 51.4 Å². The zero-order chi connectivity index (χ0) is 22.2. The van der Waals surface area contributed by atoms with E-state index in [1.54, 1.807) is 38.2 Å². The van der Waals surface area contributed by atoms with Crippen molar-refractivity contribution in [1.29, 1.82) is 0 Å². The van der Waals surface area contributed by atoms with Gasteiger partial charge in [0, 0.05) is 22.9 Å². The van der Waals surface area contributed by atoms with E-state index in [-0.39, 0.29) is 18.0 Å². The van der Waals surface area contributed by atoms with Crippen molar-refractivity contribution in [3.05, 3.63) is 36.3 Å². The van der Waals surface area contributed by atoms with Gasteiger partial charge in [-0.25, -0.2) is 18.4 Å². The molecule has 10 heteroatoms. The summed E-state index contributed by atoms with van der Waals surface area (Å²) in [6.07, 6.45) is 5.40. The Morgan fingerprint density at radius 3 is 2.61 bits per heavy atom. The van der Waals surface area contributed by atoms with Crippen LogP contribution in [0.5, 0.6) is 5.88 Å². The molecule has 31 heavy (non-hydrogen) atoms. The second-order valence-corrected chi connectivity index (χ2v) is 9.83. The fourth-order valence-electron chi connectivity index (χ4n) is 3.81. The van der Waals surface area contributed by atoms with Gasteiger partial charge in [0.2, 0.25) is 15.9 Å². The number of aromatic nitrogens is 3. The maximum atomic E-state index is 12.1. The Morgan fingerprint density at radius 2 is 1.90 bits per heavy atom. The molecule has 0 aromatic carbocycles. The van der Waals surface area contributed by atoms with E-state index in [1.165, 1.54) is 6.20 Å². The van der Waals surface area contributed by atoms with Gasteiger partial charge in [0.15, 0.2) is 5.82 Å². The average Bonchev–Trinajstić information content (AvgIpc) is 3.23. The largest absolute Gasteiger partial charge is 0.474 e. The quantitative estimate of drug-likeness (QED) is 0.497. The summed E-state index contributed by atoms with van der Waals surface area (Å²) in [6.45, 7) is 3.31. The van der Waals surface area contributed by atoms with Crippen molar-refractivity contribution in [3.8, 4) is 28.4 Å². The lowest BCUT2D eigenvalue weighted by Crippen LogP contribution is -2.27. The number of hydrogen-bond donors (Lipinski definition) is 3. The lowest BCUT2D eigenvalue weighted by atomic mass is 9.95. The monoisotopic (exact) mass is 446 g/mol. The van der Waals surface area contributed by atoms with Crippen molar-refractivity contribution in [2.45, 2.75) is 51.7 Å². The minimum absolute atomic E-state index is 0.0586. The number of rotatable bonds is 6. The molecule has 4 rings (SSSR count). The molecule has 0 saturated heterocycles. The number of anilines is 1. The Labute approximate surface area is 181 Å². The van der Waals surface area contributed by atoms with Crippen LogP contribution < -0.4 is 9.46 Å². The number of ether oxygens (including phenoxy) is 1. The summed E-state index contributed by atoms with van der Waals surface area (Å²) >= 11 is 0. The molecule has 0 spiro atoms. The normalized spacial score (nSPS) is 19.5. The first-order valence-electron chi connectivity index (χ1n) is 10.3. The number of fused-ring (bicyclic) bond motifs is 1. The third-order valence-electron chi connectivity index (χ3n) is 5.57. The van der Waals surface area contributed by atoms with E-state index in [0.717, 1.165) is 10.3 Å². The highest BCUT2D eigenvalue weighted by molar-refractivity contribution is 7.92. The fourth-order valence-corrected chi connectivity index (χ4v) is 4.43. The second-order valence-electron chi connectivity index (χ2n) is 7.82. The van der Waals surface area contributed by atoms with Crippen LogP contribution in [0.3, 0.4) is 0 Å². The number of aliphatic hydroxyl groups is 1. The van der Waals surface area contributed by atoms with E-state index in [2.05, 4.69) is 14.7 Å². The van der Waals surface area contributed by atoms with Gasteiger partial charge in [0.05, 0.1) is 29.4 Å². The van der Waals surface area contributed by atoms with Crippen LogP contribution in [-0.2, 0) is 10.0 Å². The predicted octanol–water partition coefficient (Wildman–Crippen LogP) is 3.04. The summed E-state index contributed by atoms with van der Waals surface area (Å²) in [7, 11) is -3.48. The molecule has 3 N–H and O–H groups in total. The average molecular weight is 447 g/mol. The van der Waals surface area contributed by atoms with E-state index in [9.17, 15) is 18.7 Å². The van der Waals surface area contributed by atoms with Gasteiger partial charge >= 0.3 is 0 Å². The smallest absolute Gasteiger partial charge is 0.232 e. The van der Waals surface area contributed by atoms with Gasteiger partial charge in [-0.05, 0) is 57.7 Å². The molecular formula is C21H26N4O5S. The number of nitrogens with one attached hydrogen (secondary N) is 1. The third kappa shape index (κ3) is 4.45. The van der Waals surface area contributed by atoms with E-state index in [0.29, 0.717) is 59.9 Å². The van der Waals surface area contributed by atoms with E-state index < -0.39 is 10.0 Å². The fraction of sp³-hybridized carbons (Fsp3) is 0.429. The van der Waals surface area contributed by atoms with Crippen LogP contribution >= 0.6 is 0 Å². The van der Waals surface area contributed by atoms with Crippen molar-refractivity contribution in [1.82, 2.24) is 14.7 Å². The van der Waals surface area contributed by atoms with Crippen LogP contribution in [0.15, 0.2) is 30.6 Å². The first kappa shape index (κ1) is 21.4. The molecule has 1 aromatic heterocycles. The summed E-state index contributed by atoms with van der Waals surface area (Å²) in [5.41, 5.74) is 2.91. The minimum atomic E-state index is -3.48. The summed E-state index contributed by atoms with van der Waals surface area (Å²) in [4.78, 5) is 8.65. The molecule has 166 valence electrons. The van der Waals surface area contributed by atoms with Gasteiger partial charge in [-0.2, -0.15) is 4.73 Å². The third-order valence-corrected chi connectivity index (χ3v) is 6.88. The molecule has 3 aliphatic rings. The van der Waals surface area contributed by atoms with Crippen LogP contribution in [0.2, 0.25) is 0 Å². The van der Waals surface area contributed by atoms with Crippen LogP contribution in [0, 0.1) is 6.92 Å². The number of aryl methyl sites for hydroxylation is 1. The SMILES string of the molecule is CCS(=O)(=O)Nc1cnc(OC2CCC(O)CC2)c(-c2cc(C)n(O)c3nccc2-3)c1. The van der Waals surface area contributed by atoms with Gasteiger partial charge < -0.3 is 15.1 Å². The maximum Gasteiger partial charge on any atom is 0.232 e.